The van der Waals surface area contributed by atoms with Crippen molar-refractivity contribution in [2.45, 2.75) is 96.6 Å². The third-order valence-electron chi connectivity index (χ3n) is 10.8. The topological polar surface area (TPSA) is 138 Å². The number of epoxide rings is 1. The van der Waals surface area contributed by atoms with Crippen LogP contribution in [0.4, 0.5) is 0 Å². The largest absolute Gasteiger partial charge is 0.462 e. The summed E-state index contributed by atoms with van der Waals surface area (Å²) in [5, 5.41) is 10.5. The monoisotopic (exact) mass is 530 g/mol. The standard InChI is InChI=1S/C28H34O10/c1-13(29)34-17-12-16-24(2,3)37-18(30)8-9-25(16,4)15-7-10-26(5)20(14-11-19(31)35-22(14)32)36-23(33)21-28(26,38-21)27(15,17)6/h8-9,11,15-17,20-22,32H,7,10,12H2,1-6H3/t15-,16+,17+,20+,21-,22-,25-,26+,27+,28-/m1/s1. The quantitative estimate of drug-likeness (QED) is 0.321. The average Bonchev–Trinajstić information content (AvgIpc) is 3.51. The van der Waals surface area contributed by atoms with Crippen molar-refractivity contribution in [3.8, 4) is 0 Å². The Kier molecular flexibility index (Phi) is 5.02. The van der Waals surface area contributed by atoms with Crippen LogP contribution in [0, 0.1) is 28.1 Å². The Morgan fingerprint density at radius 3 is 2.37 bits per heavy atom. The molecule has 0 aromatic carbocycles. The maximum atomic E-state index is 13.3. The molecule has 206 valence electrons. The van der Waals surface area contributed by atoms with E-state index < -0.39 is 75.9 Å². The lowest BCUT2D eigenvalue weighted by molar-refractivity contribution is -0.254. The van der Waals surface area contributed by atoms with Crippen molar-refractivity contribution in [1.29, 1.82) is 0 Å². The van der Waals surface area contributed by atoms with Crippen LogP contribution in [0.3, 0.4) is 0 Å². The molecule has 1 N–H and O–H groups in total. The van der Waals surface area contributed by atoms with Gasteiger partial charge in [-0.2, -0.15) is 0 Å². The first-order chi connectivity index (χ1) is 17.6. The molecule has 2 aliphatic carbocycles. The van der Waals surface area contributed by atoms with Gasteiger partial charge >= 0.3 is 23.9 Å². The molecule has 4 aliphatic heterocycles. The molecule has 4 fully saturated rings. The zero-order valence-corrected chi connectivity index (χ0v) is 22.4. The number of esters is 4. The highest BCUT2D eigenvalue weighted by molar-refractivity contribution is 5.87. The van der Waals surface area contributed by atoms with Gasteiger partial charge in [-0.05, 0) is 44.4 Å². The van der Waals surface area contributed by atoms with Gasteiger partial charge in [0, 0.05) is 41.4 Å². The van der Waals surface area contributed by atoms with Crippen LogP contribution in [0.15, 0.2) is 23.8 Å². The number of carbonyl (C=O) groups excluding carboxylic acids is 4. The average molecular weight is 531 g/mol. The van der Waals surface area contributed by atoms with Crippen molar-refractivity contribution in [3.63, 3.8) is 0 Å². The smallest absolute Gasteiger partial charge is 0.339 e. The summed E-state index contributed by atoms with van der Waals surface area (Å²) < 4.78 is 29.1. The number of ether oxygens (including phenoxy) is 5. The Labute approximate surface area is 220 Å². The van der Waals surface area contributed by atoms with Gasteiger partial charge in [0.15, 0.2) is 6.10 Å². The van der Waals surface area contributed by atoms with Crippen LogP contribution in [0.25, 0.3) is 0 Å². The molecule has 2 saturated carbocycles. The van der Waals surface area contributed by atoms with E-state index >= 15 is 0 Å². The number of hydrogen-bond acceptors (Lipinski definition) is 10. The second-order valence-corrected chi connectivity index (χ2v) is 12.9. The van der Waals surface area contributed by atoms with E-state index in [4.69, 9.17) is 23.7 Å². The summed E-state index contributed by atoms with van der Waals surface area (Å²) in [6.45, 7) is 11.2. The van der Waals surface area contributed by atoms with Gasteiger partial charge in [-0.25, -0.2) is 14.4 Å². The molecule has 0 aromatic rings. The van der Waals surface area contributed by atoms with Crippen LogP contribution in [0.2, 0.25) is 0 Å². The van der Waals surface area contributed by atoms with Crippen molar-refractivity contribution >= 4 is 23.9 Å². The number of fused-ring (bicyclic) bond motifs is 3. The third-order valence-corrected chi connectivity index (χ3v) is 10.8. The van der Waals surface area contributed by atoms with Gasteiger partial charge in [-0.1, -0.05) is 26.8 Å². The number of aliphatic hydroxyl groups is 1. The molecule has 10 atom stereocenters. The molecule has 4 heterocycles. The molecule has 6 aliphatic rings. The van der Waals surface area contributed by atoms with E-state index in [1.165, 1.54) is 19.1 Å². The molecule has 10 heteroatoms. The van der Waals surface area contributed by atoms with E-state index in [2.05, 4.69) is 6.92 Å². The van der Waals surface area contributed by atoms with E-state index in [9.17, 15) is 24.3 Å². The lowest BCUT2D eigenvalue weighted by Gasteiger charge is -2.67. The molecule has 0 amide bonds. The number of hydrogen-bond donors (Lipinski definition) is 1. The van der Waals surface area contributed by atoms with Crippen LogP contribution in [0.5, 0.6) is 0 Å². The summed E-state index contributed by atoms with van der Waals surface area (Å²) in [4.78, 5) is 50.4. The molecule has 38 heavy (non-hydrogen) atoms. The Morgan fingerprint density at radius 1 is 1.03 bits per heavy atom. The van der Waals surface area contributed by atoms with Gasteiger partial charge in [-0.15, -0.1) is 0 Å². The van der Waals surface area contributed by atoms with Crippen LogP contribution in [-0.2, 0) is 42.9 Å². The zero-order valence-electron chi connectivity index (χ0n) is 22.4. The Balaban J connectivity index is 1.54. The van der Waals surface area contributed by atoms with Crippen LogP contribution < -0.4 is 0 Å². The summed E-state index contributed by atoms with van der Waals surface area (Å²) >= 11 is 0. The van der Waals surface area contributed by atoms with Crippen LogP contribution >= 0.6 is 0 Å². The van der Waals surface area contributed by atoms with E-state index in [0.717, 1.165) is 0 Å². The maximum absolute atomic E-state index is 13.3. The summed E-state index contributed by atoms with van der Waals surface area (Å²) in [6, 6.07) is 0. The van der Waals surface area contributed by atoms with Crippen molar-refractivity contribution in [2.75, 3.05) is 0 Å². The van der Waals surface area contributed by atoms with Gasteiger partial charge in [0.1, 0.15) is 23.4 Å². The highest BCUT2D eigenvalue weighted by atomic mass is 16.7. The molecule has 6 rings (SSSR count). The molecule has 0 unspecified atom stereocenters. The molecule has 1 spiro atoms. The SMILES string of the molecule is CC(=O)O[C@H]1C[C@H]2C(C)(C)OC(=O)C=C[C@]2(C)[C@H]2CC[C@@]3(C)[C@H](C4=CC(=O)O[C@H]4O)OC(=O)[C@H]4O[C@]43[C@]12C. The zero-order chi connectivity index (χ0) is 27.6. The first-order valence-electron chi connectivity index (χ1n) is 13.2. The fourth-order valence-corrected chi connectivity index (χ4v) is 9.33. The summed E-state index contributed by atoms with van der Waals surface area (Å²) in [5.41, 5.74) is -4.09. The second kappa shape index (κ2) is 7.47. The van der Waals surface area contributed by atoms with Crippen molar-refractivity contribution in [1.82, 2.24) is 0 Å². The van der Waals surface area contributed by atoms with Crippen molar-refractivity contribution in [2.24, 2.45) is 28.1 Å². The van der Waals surface area contributed by atoms with Crippen LogP contribution in [-0.4, -0.2) is 64.8 Å². The maximum Gasteiger partial charge on any atom is 0.339 e. The van der Waals surface area contributed by atoms with E-state index in [0.29, 0.717) is 19.3 Å². The van der Waals surface area contributed by atoms with E-state index in [1.54, 1.807) is 0 Å². The minimum atomic E-state index is -1.53. The summed E-state index contributed by atoms with van der Waals surface area (Å²) in [7, 11) is 0. The minimum Gasteiger partial charge on any atom is -0.462 e. The Morgan fingerprint density at radius 2 is 1.74 bits per heavy atom. The molecule has 2 saturated heterocycles. The number of rotatable bonds is 2. The molecule has 0 radical (unpaired) electrons. The number of cyclic esters (lactones) is 3. The lowest BCUT2D eigenvalue weighted by Crippen LogP contribution is -2.74. The fraction of sp³-hybridized carbons (Fsp3) is 0.714. The van der Waals surface area contributed by atoms with Gasteiger partial charge in [0.2, 0.25) is 6.29 Å². The van der Waals surface area contributed by atoms with Gasteiger partial charge in [0.05, 0.1) is 0 Å². The molecule has 0 bridgehead atoms. The molecule has 0 aromatic heterocycles. The highest BCUT2D eigenvalue weighted by Gasteiger charge is 2.88. The Hall–Kier alpha value is -2.72. The third kappa shape index (κ3) is 2.90. The van der Waals surface area contributed by atoms with Gasteiger partial charge in [0.25, 0.3) is 0 Å². The number of carbonyl (C=O) groups is 4. The normalized spacial score (nSPS) is 50.1. The summed E-state index contributed by atoms with van der Waals surface area (Å²) in [5.74, 6) is -2.54. The van der Waals surface area contributed by atoms with Gasteiger partial charge < -0.3 is 28.8 Å². The number of aliphatic hydroxyl groups excluding tert-OH is 1. The lowest BCUT2D eigenvalue weighted by atomic mass is 9.37. The number of allylic oxidation sites excluding steroid dienone is 1. The molecule has 10 nitrogen and oxygen atoms in total. The molecular formula is C28H34O10. The fourth-order valence-electron chi connectivity index (χ4n) is 9.33. The second-order valence-electron chi connectivity index (χ2n) is 12.9. The summed E-state index contributed by atoms with van der Waals surface area (Å²) in [6.07, 6.45) is 2.06. The Bertz CT molecular complexity index is 1220. The van der Waals surface area contributed by atoms with Crippen LogP contribution in [0.1, 0.15) is 60.8 Å². The predicted octanol–water partition coefficient (Wildman–Crippen LogP) is 2.12. The van der Waals surface area contributed by atoms with Crippen molar-refractivity contribution < 1.29 is 48.0 Å². The molecular weight excluding hydrogens is 496 g/mol. The first kappa shape index (κ1) is 25.6. The van der Waals surface area contributed by atoms with E-state index in [-0.39, 0.29) is 17.4 Å². The predicted molar refractivity (Wildman–Crippen MR) is 128 cm³/mol. The minimum absolute atomic E-state index is 0.173. The van der Waals surface area contributed by atoms with Crippen molar-refractivity contribution in [3.05, 3.63) is 23.8 Å². The first-order valence-corrected chi connectivity index (χ1v) is 13.2. The van der Waals surface area contributed by atoms with E-state index in [1.807, 2.05) is 33.8 Å². The highest BCUT2D eigenvalue weighted by Crippen LogP contribution is 2.78. The van der Waals surface area contributed by atoms with Gasteiger partial charge in [-0.3, -0.25) is 4.79 Å².